The number of aromatic hydroxyl groups is 4. The van der Waals surface area contributed by atoms with E-state index in [2.05, 4.69) is 39.3 Å². The van der Waals surface area contributed by atoms with Gasteiger partial charge in [0, 0.05) is 98.0 Å². The van der Waals surface area contributed by atoms with E-state index in [1.165, 1.54) is 36.8 Å². The van der Waals surface area contributed by atoms with Gasteiger partial charge in [0.1, 0.15) is 12.2 Å². The summed E-state index contributed by atoms with van der Waals surface area (Å²) < 4.78 is 24.5. The number of hydrogen-bond acceptors (Lipinski definition) is 19. The van der Waals surface area contributed by atoms with Crippen molar-refractivity contribution in [1.29, 1.82) is 0 Å². The average Bonchev–Trinajstić information content (AvgIpc) is 1.66. The molecule has 518 valence electrons. The summed E-state index contributed by atoms with van der Waals surface area (Å²) in [5, 5.41) is 89.2. The molecule has 98 heavy (non-hydrogen) atoms. The van der Waals surface area contributed by atoms with Gasteiger partial charge in [0.25, 0.3) is 0 Å². The Labute approximate surface area is 571 Å². The number of rotatable bonds is 8. The largest absolute Gasteiger partial charge is 0.504 e. The first-order valence-corrected chi connectivity index (χ1v) is 36.8. The van der Waals surface area contributed by atoms with Crippen LogP contribution in [0, 0.1) is 11.8 Å². The lowest BCUT2D eigenvalue weighted by molar-refractivity contribution is -0.188. The van der Waals surface area contributed by atoms with Crippen LogP contribution in [0.5, 0.6) is 46.0 Å². The number of carbonyl (C=O) groups is 2. The number of Topliss-reactive ketones (excluding diaryl/α,β-unsaturated/α-hetero) is 2. The Morgan fingerprint density at radius 3 is 1.18 bits per heavy atom. The minimum absolute atomic E-state index is 0.0408. The molecule has 17 atom stereocenters. The van der Waals surface area contributed by atoms with Gasteiger partial charge in [0.05, 0.1) is 44.1 Å². The summed E-state index contributed by atoms with van der Waals surface area (Å²) in [6.45, 7) is 19.3. The molecule has 18 aliphatic rings. The molecule has 19 heteroatoms. The Kier molecular flexibility index (Phi) is 13.4. The van der Waals surface area contributed by atoms with Gasteiger partial charge in [-0.3, -0.25) is 29.2 Å². The Bertz CT molecular complexity index is 4020. The first-order valence-electron chi connectivity index (χ1n) is 36.8. The van der Waals surface area contributed by atoms with Crippen molar-refractivity contribution in [2.24, 2.45) is 17.6 Å². The maximum absolute atomic E-state index is 12.7. The average molecular weight is 1340 g/mol. The molecule has 4 aromatic rings. The van der Waals surface area contributed by atoms with Gasteiger partial charge in [-0.2, -0.15) is 0 Å². The standard InChI is InChI=1S/C21H25NO3.C20H23NO4.C19H24N2O3.C19H21NO4/c1-12-6-7-21(24)16-10-14-4-5-15(23)18-17(14)20(21,19(12)25-18)8-9-22(16)11-13-2-3-13;22-13-4-3-12-9-15-20(24)6-5-14(23)18-19(20,16(12)17(13)25-18)7-8-21(15)10-11-1-2-11;1-2-8-21-9-7-18-15-11-3-4-13(22)16(15)24-17(18)12(20)5-6-19(18,23)14(21)10-11;1-2-8-20-9-7-18-15-11-3-4-12(21)16(15)24-17(18)13(22)5-6-19(18,23)14(20)10-11/h4-5,13,16,19,23-24H,1-3,6-11H2;3-4,11,15,18,22,24H,1-2,5-10H2;2-4,12,14,17,22-23H,1,5-10,20H2;2-4,14,17,21,23H,1,5-10H2/t16-,19+,20+,21-;15-,18+,19+,20-;12-,14-,17+,18+,19-;14-,17+,18+,19-/m1111/s1. The molecule has 4 spiro atoms. The summed E-state index contributed by atoms with van der Waals surface area (Å²) in [6, 6.07) is 14.8. The van der Waals surface area contributed by atoms with Gasteiger partial charge in [0.15, 0.2) is 69.8 Å². The van der Waals surface area contributed by atoms with Crippen LogP contribution in [0.1, 0.15) is 147 Å². The number of aliphatic hydroxyl groups is 4. The monoisotopic (exact) mass is 1340 g/mol. The van der Waals surface area contributed by atoms with Crippen molar-refractivity contribution in [1.82, 2.24) is 19.6 Å². The van der Waals surface area contributed by atoms with Crippen molar-refractivity contribution in [3.05, 3.63) is 131 Å². The predicted octanol–water partition coefficient (Wildman–Crippen LogP) is 6.40. The molecule has 19 nitrogen and oxygen atoms in total. The van der Waals surface area contributed by atoms with E-state index in [-0.39, 0.29) is 77.0 Å². The van der Waals surface area contributed by atoms with Crippen LogP contribution in [0.2, 0.25) is 0 Å². The van der Waals surface area contributed by atoms with Crippen molar-refractivity contribution in [3.63, 3.8) is 0 Å². The summed E-state index contributed by atoms with van der Waals surface area (Å²) in [5.74, 6) is 4.28. The molecule has 4 saturated heterocycles. The van der Waals surface area contributed by atoms with E-state index in [0.29, 0.717) is 67.9 Å². The number of ether oxygens (including phenoxy) is 4. The molecule has 0 radical (unpaired) electrons. The first-order chi connectivity index (χ1) is 47.1. The fourth-order valence-corrected chi connectivity index (χ4v) is 24.5. The third-order valence-electron chi connectivity index (χ3n) is 29.0. The van der Waals surface area contributed by atoms with Crippen LogP contribution >= 0.6 is 0 Å². The Morgan fingerprint density at radius 1 is 0.439 bits per heavy atom. The molecule has 10 aliphatic carbocycles. The van der Waals surface area contributed by atoms with Crippen LogP contribution < -0.4 is 24.7 Å². The number of benzene rings is 4. The second-order valence-corrected chi connectivity index (χ2v) is 33.0. The molecule has 0 unspecified atom stereocenters. The molecule has 6 saturated carbocycles. The van der Waals surface area contributed by atoms with Crippen molar-refractivity contribution in [2.45, 2.75) is 227 Å². The van der Waals surface area contributed by atoms with Gasteiger partial charge < -0.3 is 65.5 Å². The number of ketones is 2. The zero-order valence-corrected chi connectivity index (χ0v) is 55.9. The lowest BCUT2D eigenvalue weighted by atomic mass is 9.48. The number of likely N-dealkylation sites (tertiary alicyclic amines) is 4. The number of phenolic OH excluding ortho intramolecular Hbond substituents is 4. The molecule has 10 fully saturated rings. The van der Waals surface area contributed by atoms with Crippen LogP contribution in [-0.2, 0) is 56.9 Å². The fourth-order valence-electron chi connectivity index (χ4n) is 24.5. The molecule has 8 heterocycles. The smallest absolute Gasteiger partial charge is 0.174 e. The van der Waals surface area contributed by atoms with Crippen molar-refractivity contribution < 1.29 is 69.4 Å². The molecule has 8 bridgehead atoms. The quantitative estimate of drug-likeness (QED) is 0.0864. The van der Waals surface area contributed by atoms with Crippen molar-refractivity contribution in [2.75, 3.05) is 52.4 Å². The Balaban J connectivity index is 0.0000000916. The summed E-state index contributed by atoms with van der Waals surface area (Å²) >= 11 is 0. The summed E-state index contributed by atoms with van der Waals surface area (Å²) in [4.78, 5) is 35.0. The van der Waals surface area contributed by atoms with E-state index < -0.39 is 56.3 Å². The molecule has 8 aliphatic heterocycles. The highest BCUT2D eigenvalue weighted by molar-refractivity contribution is 5.91. The predicted molar refractivity (Wildman–Crippen MR) is 361 cm³/mol. The van der Waals surface area contributed by atoms with Crippen molar-refractivity contribution >= 4 is 11.6 Å². The molecule has 10 N–H and O–H groups in total. The van der Waals surface area contributed by atoms with Crippen molar-refractivity contribution in [3.8, 4) is 46.0 Å². The first kappa shape index (κ1) is 62.5. The summed E-state index contributed by atoms with van der Waals surface area (Å²) in [7, 11) is 0. The second-order valence-electron chi connectivity index (χ2n) is 33.0. The second kappa shape index (κ2) is 21.1. The third kappa shape index (κ3) is 7.71. The normalized spacial score (nSPS) is 41.1. The molecule has 22 rings (SSSR count). The molecule has 4 aromatic carbocycles. The highest BCUT2D eigenvalue weighted by Gasteiger charge is 2.77. The highest BCUT2D eigenvalue weighted by Crippen LogP contribution is 2.70. The van der Waals surface area contributed by atoms with Crippen LogP contribution in [-0.4, -0.2) is 201 Å². The minimum atomic E-state index is -1.00. The molecular formula is C79H93N5O14. The van der Waals surface area contributed by atoms with Gasteiger partial charge >= 0.3 is 0 Å². The highest BCUT2D eigenvalue weighted by atomic mass is 16.5. The SMILES string of the molecule is C=C1CC[C@@]2(O)[C@H]3Cc4ccc(O)c5c4[C@@]2(CCN3CC2CC2)[C@H]1O5.C=CCN1CC[C@]23c4c5ccc(O)c4O[C@H]2C(=O)CC[C@@]3(O)[C@H]1C5.C=CCN1CC[C@]23c4c5ccc(O)c4O[C@H]2[C@H](N)CC[C@@]3(O)[C@H]1C5.O=C1CC[C@@]2(O)[C@H]3Cc4ccc(O)c5c4[C@@]2(CCN3CC2CC2)[C@H]1O5. The van der Waals surface area contributed by atoms with E-state index in [1.54, 1.807) is 24.3 Å². The number of phenols is 4. The molecular weight excluding hydrogens is 1240 g/mol. The van der Waals surface area contributed by atoms with Gasteiger partial charge in [-0.05, 0) is 199 Å². The Hall–Kier alpha value is -6.52. The zero-order chi connectivity index (χ0) is 67.3. The van der Waals surface area contributed by atoms with E-state index >= 15 is 0 Å². The maximum Gasteiger partial charge on any atom is 0.174 e. The van der Waals surface area contributed by atoms with Gasteiger partial charge in [-0.15, -0.1) is 13.2 Å². The number of hydrogen-bond donors (Lipinski definition) is 9. The molecule has 0 amide bonds. The van der Waals surface area contributed by atoms with Gasteiger partial charge in [0.2, 0.25) is 0 Å². The lowest BCUT2D eigenvalue weighted by Crippen LogP contribution is -2.77. The van der Waals surface area contributed by atoms with E-state index in [1.807, 2.05) is 36.4 Å². The number of piperidine rings is 4. The van der Waals surface area contributed by atoms with Gasteiger partial charge in [-0.25, -0.2) is 0 Å². The number of nitrogens with two attached hydrogens (primary N) is 1. The van der Waals surface area contributed by atoms with Gasteiger partial charge in [-0.1, -0.05) is 43.0 Å². The van der Waals surface area contributed by atoms with E-state index in [4.69, 9.17) is 24.7 Å². The Morgan fingerprint density at radius 2 is 0.776 bits per heavy atom. The van der Waals surface area contributed by atoms with Crippen LogP contribution in [0.25, 0.3) is 0 Å². The van der Waals surface area contributed by atoms with Crippen LogP contribution in [0.4, 0.5) is 0 Å². The zero-order valence-electron chi connectivity index (χ0n) is 55.9. The minimum Gasteiger partial charge on any atom is -0.504 e. The van der Waals surface area contributed by atoms with Crippen LogP contribution in [0.15, 0.2) is 86.0 Å². The van der Waals surface area contributed by atoms with E-state index in [9.17, 15) is 50.4 Å². The third-order valence-corrected chi connectivity index (χ3v) is 29.0. The maximum atomic E-state index is 12.7. The summed E-state index contributed by atoms with van der Waals surface area (Å²) in [6.07, 6.45) is 18.1. The number of nitrogens with zero attached hydrogens (tertiary/aromatic N) is 4. The van der Waals surface area contributed by atoms with Crippen LogP contribution in [0.3, 0.4) is 0 Å². The number of carbonyl (C=O) groups excluding carboxylic acids is 2. The fraction of sp³-hybridized carbons (Fsp3) is 0.595. The molecule has 0 aromatic heterocycles. The summed E-state index contributed by atoms with van der Waals surface area (Å²) in [5.41, 5.74) is 10.2. The topological polar surface area (TPSA) is 272 Å². The van der Waals surface area contributed by atoms with E-state index in [0.717, 1.165) is 161 Å². The lowest BCUT2D eigenvalue weighted by Gasteiger charge is -2.63.